The van der Waals surface area contributed by atoms with E-state index in [4.69, 9.17) is 11.6 Å². The van der Waals surface area contributed by atoms with Crippen molar-refractivity contribution in [1.82, 2.24) is 20.2 Å². The molecule has 0 aliphatic heterocycles. The van der Waals surface area contributed by atoms with E-state index in [0.29, 0.717) is 0 Å². The molecule has 0 amide bonds. The third-order valence-electron chi connectivity index (χ3n) is 1.87. The Bertz CT molecular complexity index is 505. The topological polar surface area (TPSA) is 43.6 Å². The van der Waals surface area contributed by atoms with Crippen LogP contribution in [0.5, 0.6) is 0 Å². The van der Waals surface area contributed by atoms with E-state index in [0.717, 1.165) is 16.8 Å². The van der Waals surface area contributed by atoms with E-state index in [1.807, 2.05) is 0 Å². The van der Waals surface area contributed by atoms with Crippen LogP contribution in [0, 0.1) is 17.5 Å². The number of halogens is 4. The Balaban J connectivity index is 2.57. The van der Waals surface area contributed by atoms with Gasteiger partial charge in [-0.2, -0.15) is 4.68 Å². The molecule has 1 heterocycles. The summed E-state index contributed by atoms with van der Waals surface area (Å²) in [5, 5.41) is 10.3. The lowest BCUT2D eigenvalue weighted by atomic mass is 10.3. The molecule has 1 aromatic heterocycles. The summed E-state index contributed by atoms with van der Waals surface area (Å²) in [6, 6.07) is 1.57. The lowest BCUT2D eigenvalue weighted by Gasteiger charge is -2.03. The predicted molar refractivity (Wildman–Crippen MR) is 48.6 cm³/mol. The Morgan fingerprint density at radius 1 is 1.19 bits per heavy atom. The molecule has 0 radical (unpaired) electrons. The van der Waals surface area contributed by atoms with E-state index in [2.05, 4.69) is 15.5 Å². The first kappa shape index (κ1) is 10.9. The zero-order chi connectivity index (χ0) is 11.7. The molecule has 16 heavy (non-hydrogen) atoms. The molecule has 0 fully saturated rings. The quantitative estimate of drug-likeness (QED) is 0.601. The molecule has 2 aromatic rings. The van der Waals surface area contributed by atoms with Crippen LogP contribution in [-0.4, -0.2) is 20.2 Å². The number of alkyl halides is 1. The Morgan fingerprint density at radius 3 is 2.38 bits per heavy atom. The molecule has 8 heteroatoms. The van der Waals surface area contributed by atoms with E-state index in [1.165, 1.54) is 0 Å². The van der Waals surface area contributed by atoms with Crippen LogP contribution in [0.15, 0.2) is 12.1 Å². The molecular formula is C8H4ClF3N4. The molecule has 0 bridgehead atoms. The molecular weight excluding hydrogens is 245 g/mol. The molecule has 4 nitrogen and oxygen atoms in total. The summed E-state index contributed by atoms with van der Waals surface area (Å²) < 4.78 is 39.6. The van der Waals surface area contributed by atoms with Gasteiger partial charge in [-0.1, -0.05) is 0 Å². The van der Waals surface area contributed by atoms with Gasteiger partial charge in [-0.3, -0.25) is 0 Å². The number of nitrogens with zero attached hydrogens (tertiary/aromatic N) is 4. The number of aromatic nitrogens is 4. The highest BCUT2D eigenvalue weighted by atomic mass is 35.5. The molecule has 1 aromatic carbocycles. The summed E-state index contributed by atoms with van der Waals surface area (Å²) in [4.78, 5) is 0. The van der Waals surface area contributed by atoms with Crippen LogP contribution in [0.1, 0.15) is 5.82 Å². The summed E-state index contributed by atoms with van der Waals surface area (Å²) >= 11 is 5.51. The number of benzene rings is 1. The van der Waals surface area contributed by atoms with Crippen molar-refractivity contribution in [2.75, 3.05) is 0 Å². The summed E-state index contributed by atoms with van der Waals surface area (Å²) in [5.74, 6) is -4.00. The number of hydrogen-bond acceptors (Lipinski definition) is 3. The Kier molecular flexibility index (Phi) is 2.78. The smallest absolute Gasteiger partial charge is 0.194 e. The molecule has 0 unspecified atom stereocenters. The van der Waals surface area contributed by atoms with Crippen LogP contribution in [0.3, 0.4) is 0 Å². The van der Waals surface area contributed by atoms with Crippen LogP contribution >= 0.6 is 11.6 Å². The number of tetrazole rings is 1. The van der Waals surface area contributed by atoms with Gasteiger partial charge in [0.1, 0.15) is 0 Å². The van der Waals surface area contributed by atoms with Crippen molar-refractivity contribution >= 4 is 11.6 Å². The van der Waals surface area contributed by atoms with Crippen molar-refractivity contribution in [3.8, 4) is 5.69 Å². The average molecular weight is 249 g/mol. The van der Waals surface area contributed by atoms with Gasteiger partial charge < -0.3 is 0 Å². The van der Waals surface area contributed by atoms with Crippen LogP contribution in [0.2, 0.25) is 0 Å². The highest BCUT2D eigenvalue weighted by molar-refractivity contribution is 6.16. The largest absolute Gasteiger partial charge is 0.204 e. The molecule has 84 valence electrons. The van der Waals surface area contributed by atoms with Crippen molar-refractivity contribution in [3.63, 3.8) is 0 Å². The summed E-state index contributed by atoms with van der Waals surface area (Å²) in [6.07, 6.45) is 0. The molecule has 0 spiro atoms. The second kappa shape index (κ2) is 4.09. The Morgan fingerprint density at radius 2 is 1.81 bits per heavy atom. The summed E-state index contributed by atoms with van der Waals surface area (Å²) in [6.45, 7) is 0. The minimum Gasteiger partial charge on any atom is -0.204 e. The molecule has 0 aliphatic carbocycles. The van der Waals surface area contributed by atoms with E-state index < -0.39 is 17.5 Å². The maximum atomic E-state index is 12.9. The van der Waals surface area contributed by atoms with Gasteiger partial charge in [0.15, 0.2) is 23.3 Å². The van der Waals surface area contributed by atoms with Crippen LogP contribution in [0.25, 0.3) is 5.69 Å². The van der Waals surface area contributed by atoms with Crippen LogP contribution < -0.4 is 0 Å². The Labute approximate surface area is 92.6 Å². The van der Waals surface area contributed by atoms with Gasteiger partial charge in [-0.25, -0.2) is 13.2 Å². The fourth-order valence-corrected chi connectivity index (χ4v) is 1.32. The van der Waals surface area contributed by atoms with Crippen molar-refractivity contribution in [2.45, 2.75) is 5.88 Å². The van der Waals surface area contributed by atoms with Crippen molar-refractivity contribution in [1.29, 1.82) is 0 Å². The van der Waals surface area contributed by atoms with Crippen LogP contribution in [0.4, 0.5) is 13.2 Å². The standard InChI is InChI=1S/C8H4ClF3N4/c9-3-7-13-14-15-16(7)4-1-5(10)8(12)6(11)2-4/h1-2H,3H2. The van der Waals surface area contributed by atoms with Gasteiger partial charge in [0.25, 0.3) is 0 Å². The van der Waals surface area contributed by atoms with Crippen LogP contribution in [-0.2, 0) is 5.88 Å². The average Bonchev–Trinajstić information content (AvgIpc) is 2.73. The molecule has 0 atom stereocenters. The lowest BCUT2D eigenvalue weighted by Crippen LogP contribution is -2.04. The highest BCUT2D eigenvalue weighted by Gasteiger charge is 2.14. The van der Waals surface area contributed by atoms with Crippen molar-refractivity contribution in [2.24, 2.45) is 0 Å². The fourth-order valence-electron chi connectivity index (χ4n) is 1.15. The predicted octanol–water partition coefficient (Wildman–Crippen LogP) is 1.82. The van der Waals surface area contributed by atoms with Gasteiger partial charge in [0.05, 0.1) is 11.6 Å². The third kappa shape index (κ3) is 1.73. The van der Waals surface area contributed by atoms with E-state index in [-0.39, 0.29) is 17.4 Å². The van der Waals surface area contributed by atoms with Gasteiger partial charge >= 0.3 is 0 Å². The van der Waals surface area contributed by atoms with Gasteiger partial charge in [0, 0.05) is 12.1 Å². The zero-order valence-electron chi connectivity index (χ0n) is 7.66. The first-order valence-electron chi connectivity index (χ1n) is 4.11. The van der Waals surface area contributed by atoms with E-state index in [1.54, 1.807) is 0 Å². The normalized spacial score (nSPS) is 10.8. The molecule has 0 aliphatic rings. The van der Waals surface area contributed by atoms with Crippen molar-refractivity contribution < 1.29 is 13.2 Å². The molecule has 2 rings (SSSR count). The Hall–Kier alpha value is -1.63. The molecule has 0 N–H and O–H groups in total. The third-order valence-corrected chi connectivity index (χ3v) is 2.11. The summed E-state index contributed by atoms with van der Waals surface area (Å²) in [7, 11) is 0. The van der Waals surface area contributed by atoms with E-state index >= 15 is 0 Å². The maximum Gasteiger partial charge on any atom is 0.194 e. The minimum absolute atomic E-state index is 0.0305. The molecule has 0 saturated heterocycles. The fraction of sp³-hybridized carbons (Fsp3) is 0.125. The second-order valence-corrected chi connectivity index (χ2v) is 3.13. The van der Waals surface area contributed by atoms with Gasteiger partial charge in [0.2, 0.25) is 0 Å². The second-order valence-electron chi connectivity index (χ2n) is 2.86. The monoisotopic (exact) mass is 248 g/mol. The first-order valence-corrected chi connectivity index (χ1v) is 4.65. The molecule has 0 saturated carbocycles. The highest BCUT2D eigenvalue weighted by Crippen LogP contribution is 2.17. The lowest BCUT2D eigenvalue weighted by molar-refractivity contribution is 0.445. The first-order chi connectivity index (χ1) is 7.63. The van der Waals surface area contributed by atoms with Gasteiger partial charge in [-0.15, -0.1) is 16.7 Å². The number of hydrogen-bond donors (Lipinski definition) is 0. The van der Waals surface area contributed by atoms with Gasteiger partial charge in [-0.05, 0) is 10.4 Å². The summed E-state index contributed by atoms with van der Waals surface area (Å²) in [5.41, 5.74) is -0.0305. The zero-order valence-corrected chi connectivity index (χ0v) is 8.42. The van der Waals surface area contributed by atoms with Crippen molar-refractivity contribution in [3.05, 3.63) is 35.4 Å². The SMILES string of the molecule is Fc1cc(-n2nnnc2CCl)cc(F)c1F. The number of rotatable bonds is 2. The minimum atomic E-state index is -1.54. The maximum absolute atomic E-state index is 12.9. The van der Waals surface area contributed by atoms with E-state index in [9.17, 15) is 13.2 Å².